The highest BCUT2D eigenvalue weighted by molar-refractivity contribution is 7.13. The molecular weight excluding hydrogens is 353 g/mol. The summed E-state index contributed by atoms with van der Waals surface area (Å²) >= 11 is 1.43. The second-order valence-corrected chi connectivity index (χ2v) is 6.53. The number of benzene rings is 2. The second kappa shape index (κ2) is 7.45. The molecule has 0 aliphatic heterocycles. The largest absolute Gasteiger partial charge is 0.326 e. The summed E-state index contributed by atoms with van der Waals surface area (Å²) in [5, 5.41) is 8.08. The highest BCUT2D eigenvalue weighted by atomic mass is 32.1. The average molecular weight is 369 g/mol. The maximum Gasteiger partial charge on any atom is 0.221 e. The Bertz CT molecular complexity index is 967. The molecule has 0 saturated carbocycles. The number of hydrogen-bond donors (Lipinski definition) is 2. The van der Waals surface area contributed by atoms with Crippen LogP contribution in [-0.4, -0.2) is 16.8 Å². The maximum absolute atomic E-state index is 13.1. The molecule has 132 valence electrons. The fraction of sp³-hybridized carbons (Fsp3) is 0.105. The van der Waals surface area contributed by atoms with Gasteiger partial charge in [0.15, 0.2) is 0 Å². The van der Waals surface area contributed by atoms with Crippen LogP contribution in [-0.2, 0) is 9.59 Å². The van der Waals surface area contributed by atoms with Crippen molar-refractivity contribution in [2.75, 3.05) is 10.6 Å². The van der Waals surface area contributed by atoms with E-state index in [0.717, 1.165) is 16.1 Å². The van der Waals surface area contributed by atoms with Crippen LogP contribution in [0.3, 0.4) is 0 Å². The van der Waals surface area contributed by atoms with Gasteiger partial charge in [0.1, 0.15) is 10.8 Å². The molecule has 2 amide bonds. The number of carbonyl (C=O) groups is 2. The molecule has 3 aromatic rings. The van der Waals surface area contributed by atoms with Crippen LogP contribution in [0, 0.1) is 5.82 Å². The van der Waals surface area contributed by atoms with Crippen molar-refractivity contribution < 1.29 is 14.0 Å². The average Bonchev–Trinajstić information content (AvgIpc) is 3.04. The zero-order valence-electron chi connectivity index (χ0n) is 14.2. The maximum atomic E-state index is 13.1. The lowest BCUT2D eigenvalue weighted by molar-refractivity contribution is -0.115. The summed E-state index contributed by atoms with van der Waals surface area (Å²) < 4.78 is 13.1. The molecule has 0 saturated heterocycles. The van der Waals surface area contributed by atoms with Crippen molar-refractivity contribution in [3.63, 3.8) is 0 Å². The molecule has 0 aliphatic carbocycles. The normalized spacial score (nSPS) is 10.4. The minimum absolute atomic E-state index is 0.196. The van der Waals surface area contributed by atoms with Crippen molar-refractivity contribution in [2.24, 2.45) is 0 Å². The molecule has 0 fully saturated rings. The Labute approximate surface area is 153 Å². The van der Waals surface area contributed by atoms with Crippen molar-refractivity contribution >= 4 is 34.5 Å². The van der Waals surface area contributed by atoms with Gasteiger partial charge in [-0.25, -0.2) is 9.37 Å². The first kappa shape index (κ1) is 17.8. The highest BCUT2D eigenvalue weighted by Crippen LogP contribution is 2.34. The lowest BCUT2D eigenvalue weighted by Crippen LogP contribution is -2.09. The number of thiazole rings is 1. The Kier molecular flexibility index (Phi) is 5.09. The van der Waals surface area contributed by atoms with E-state index in [0.29, 0.717) is 17.1 Å². The summed E-state index contributed by atoms with van der Waals surface area (Å²) in [5.74, 6) is -0.717. The summed E-state index contributed by atoms with van der Waals surface area (Å²) in [5.41, 5.74) is 3.38. The van der Waals surface area contributed by atoms with Crippen molar-refractivity contribution in [1.82, 2.24) is 4.98 Å². The molecule has 2 aromatic carbocycles. The quantitative estimate of drug-likeness (QED) is 0.710. The number of rotatable bonds is 4. The van der Waals surface area contributed by atoms with E-state index in [2.05, 4.69) is 15.6 Å². The molecule has 2 N–H and O–H groups in total. The van der Waals surface area contributed by atoms with E-state index in [1.165, 1.54) is 37.3 Å². The van der Waals surface area contributed by atoms with Gasteiger partial charge in [-0.3, -0.25) is 9.59 Å². The Morgan fingerprint density at radius 1 is 1.00 bits per heavy atom. The molecule has 0 unspecified atom stereocenters. The molecule has 0 bridgehead atoms. The minimum Gasteiger partial charge on any atom is -0.326 e. The molecule has 26 heavy (non-hydrogen) atoms. The van der Waals surface area contributed by atoms with Gasteiger partial charge in [0.05, 0.1) is 11.4 Å². The third kappa shape index (κ3) is 4.12. The predicted octanol–water partition coefficient (Wildman–Crippen LogP) is 4.53. The fourth-order valence-corrected chi connectivity index (χ4v) is 3.29. The van der Waals surface area contributed by atoms with Crippen LogP contribution in [0.25, 0.3) is 21.8 Å². The lowest BCUT2D eigenvalue weighted by atomic mass is 10.1. The van der Waals surface area contributed by atoms with Gasteiger partial charge in [0, 0.05) is 36.0 Å². The van der Waals surface area contributed by atoms with Gasteiger partial charge in [-0.15, -0.1) is 11.3 Å². The smallest absolute Gasteiger partial charge is 0.221 e. The predicted molar refractivity (Wildman–Crippen MR) is 102 cm³/mol. The van der Waals surface area contributed by atoms with Crippen LogP contribution in [0.4, 0.5) is 15.8 Å². The van der Waals surface area contributed by atoms with Crippen molar-refractivity contribution in [1.29, 1.82) is 0 Å². The minimum atomic E-state index is -0.299. The van der Waals surface area contributed by atoms with E-state index < -0.39 is 0 Å². The van der Waals surface area contributed by atoms with E-state index in [4.69, 9.17) is 0 Å². The molecule has 0 radical (unpaired) electrons. The Hall–Kier alpha value is -3.06. The van der Waals surface area contributed by atoms with Gasteiger partial charge in [-0.1, -0.05) is 0 Å². The third-order valence-electron chi connectivity index (χ3n) is 3.52. The standard InChI is InChI=1S/C19H16FN3O2S/c1-11(24)21-15-7-8-16(17(9-15)22-12(2)25)18-10-26-19(23-18)13-3-5-14(20)6-4-13/h3-10H,1-2H3,(H,21,24)(H,22,25). The molecule has 0 spiro atoms. The van der Waals surface area contributed by atoms with E-state index >= 15 is 0 Å². The summed E-state index contributed by atoms with van der Waals surface area (Å²) in [6, 6.07) is 11.4. The van der Waals surface area contributed by atoms with E-state index in [1.807, 2.05) is 5.38 Å². The molecular formula is C19H16FN3O2S. The van der Waals surface area contributed by atoms with Crippen LogP contribution in [0.15, 0.2) is 47.8 Å². The van der Waals surface area contributed by atoms with Gasteiger partial charge in [0.2, 0.25) is 11.8 Å². The Morgan fingerprint density at radius 3 is 2.35 bits per heavy atom. The number of halogens is 1. The monoisotopic (exact) mass is 369 g/mol. The molecule has 1 heterocycles. The van der Waals surface area contributed by atoms with Gasteiger partial charge in [-0.05, 0) is 42.5 Å². The van der Waals surface area contributed by atoms with Gasteiger partial charge in [-0.2, -0.15) is 0 Å². The first-order valence-corrected chi connectivity index (χ1v) is 8.71. The van der Waals surface area contributed by atoms with E-state index in [-0.39, 0.29) is 17.6 Å². The summed E-state index contributed by atoms with van der Waals surface area (Å²) in [7, 11) is 0. The van der Waals surface area contributed by atoms with E-state index in [1.54, 1.807) is 30.3 Å². The topological polar surface area (TPSA) is 71.1 Å². The molecule has 0 aliphatic rings. The third-order valence-corrected chi connectivity index (χ3v) is 4.41. The Balaban J connectivity index is 1.98. The lowest BCUT2D eigenvalue weighted by Gasteiger charge is -2.11. The van der Waals surface area contributed by atoms with Crippen LogP contribution in [0.5, 0.6) is 0 Å². The second-order valence-electron chi connectivity index (χ2n) is 5.67. The van der Waals surface area contributed by atoms with Gasteiger partial charge >= 0.3 is 0 Å². The first-order valence-electron chi connectivity index (χ1n) is 7.83. The van der Waals surface area contributed by atoms with Gasteiger partial charge < -0.3 is 10.6 Å². The SMILES string of the molecule is CC(=O)Nc1ccc(-c2csc(-c3ccc(F)cc3)n2)c(NC(C)=O)c1. The number of nitrogens with one attached hydrogen (secondary N) is 2. The number of aromatic nitrogens is 1. The highest BCUT2D eigenvalue weighted by Gasteiger charge is 2.13. The number of nitrogens with zero attached hydrogens (tertiary/aromatic N) is 1. The molecule has 0 atom stereocenters. The molecule has 5 nitrogen and oxygen atoms in total. The van der Waals surface area contributed by atoms with E-state index in [9.17, 15) is 14.0 Å². The van der Waals surface area contributed by atoms with Crippen LogP contribution in [0.1, 0.15) is 13.8 Å². The summed E-state index contributed by atoms with van der Waals surface area (Å²) in [6.07, 6.45) is 0. The van der Waals surface area contributed by atoms with Crippen LogP contribution >= 0.6 is 11.3 Å². The molecule has 3 rings (SSSR count). The summed E-state index contributed by atoms with van der Waals surface area (Å²) in [4.78, 5) is 27.4. The van der Waals surface area contributed by atoms with Crippen molar-refractivity contribution in [2.45, 2.75) is 13.8 Å². The zero-order valence-corrected chi connectivity index (χ0v) is 15.0. The Morgan fingerprint density at radius 2 is 1.69 bits per heavy atom. The van der Waals surface area contributed by atoms with Crippen LogP contribution in [0.2, 0.25) is 0 Å². The van der Waals surface area contributed by atoms with Crippen LogP contribution < -0.4 is 10.6 Å². The zero-order chi connectivity index (χ0) is 18.7. The van der Waals surface area contributed by atoms with Crippen molar-refractivity contribution in [3.8, 4) is 21.8 Å². The summed E-state index contributed by atoms with van der Waals surface area (Å²) in [6.45, 7) is 2.83. The molecule has 7 heteroatoms. The number of carbonyl (C=O) groups excluding carboxylic acids is 2. The molecule has 1 aromatic heterocycles. The van der Waals surface area contributed by atoms with Crippen molar-refractivity contribution in [3.05, 3.63) is 53.7 Å². The fourth-order valence-electron chi connectivity index (χ4n) is 2.46. The first-order chi connectivity index (χ1) is 12.4. The number of amides is 2. The number of hydrogen-bond acceptors (Lipinski definition) is 4. The number of anilines is 2. The van der Waals surface area contributed by atoms with Gasteiger partial charge in [0.25, 0.3) is 0 Å².